The molecule has 3 aromatic rings. The Morgan fingerprint density at radius 2 is 1.68 bits per heavy atom. The lowest BCUT2D eigenvalue weighted by molar-refractivity contribution is 0.102. The van der Waals surface area contributed by atoms with Gasteiger partial charge in [-0.25, -0.2) is 17.9 Å². The highest BCUT2D eigenvalue weighted by Crippen LogP contribution is 2.22. The average molecular weight is 401 g/mol. The van der Waals surface area contributed by atoms with Crippen molar-refractivity contribution in [2.45, 2.75) is 19.6 Å². The minimum Gasteiger partial charge on any atom is -0.322 e. The Morgan fingerprint density at radius 1 is 1.07 bits per heavy atom. The van der Waals surface area contributed by atoms with Crippen LogP contribution in [-0.4, -0.2) is 18.9 Å². The lowest BCUT2D eigenvalue weighted by Crippen LogP contribution is -2.15. The Bertz CT molecular complexity index is 1120. The van der Waals surface area contributed by atoms with Crippen molar-refractivity contribution in [2.24, 2.45) is 5.14 Å². The molecular formula is C20H20FN3O3S. The molecule has 0 bridgehead atoms. The molecule has 0 fully saturated rings. The van der Waals surface area contributed by atoms with Crippen molar-refractivity contribution in [3.05, 3.63) is 82.9 Å². The quantitative estimate of drug-likeness (QED) is 0.687. The summed E-state index contributed by atoms with van der Waals surface area (Å²) in [4.78, 5) is 12.7. The van der Waals surface area contributed by atoms with E-state index >= 15 is 0 Å². The fourth-order valence-electron chi connectivity index (χ4n) is 3.10. The fraction of sp³-hybridized carbons (Fsp3) is 0.150. The second-order valence-electron chi connectivity index (χ2n) is 6.55. The molecule has 6 nitrogen and oxygen atoms in total. The van der Waals surface area contributed by atoms with Gasteiger partial charge in [-0.05, 0) is 61.9 Å². The third kappa shape index (κ3) is 4.47. The zero-order valence-corrected chi connectivity index (χ0v) is 16.3. The van der Waals surface area contributed by atoms with Crippen LogP contribution in [0.25, 0.3) is 5.69 Å². The number of anilines is 1. The Morgan fingerprint density at radius 3 is 2.25 bits per heavy atom. The smallest absolute Gasteiger partial charge is 0.257 e. The maximum atomic E-state index is 13.2. The van der Waals surface area contributed by atoms with Crippen molar-refractivity contribution in [3.8, 4) is 5.69 Å². The molecule has 1 aromatic heterocycles. The highest BCUT2D eigenvalue weighted by molar-refractivity contribution is 7.88. The van der Waals surface area contributed by atoms with E-state index in [4.69, 9.17) is 5.14 Å². The van der Waals surface area contributed by atoms with E-state index in [1.54, 1.807) is 42.5 Å². The number of rotatable bonds is 5. The SMILES string of the molecule is Cc1cc(C(=O)Nc2ccc(CS(N)(=O)=O)cc2)c(C)n1-c1ccc(F)cc1. The van der Waals surface area contributed by atoms with E-state index in [2.05, 4.69) is 5.32 Å². The monoisotopic (exact) mass is 401 g/mol. The van der Waals surface area contributed by atoms with Crippen LogP contribution in [0.3, 0.4) is 0 Å². The molecule has 3 rings (SSSR count). The number of halogens is 1. The van der Waals surface area contributed by atoms with Gasteiger partial charge in [-0.1, -0.05) is 12.1 Å². The molecule has 0 saturated carbocycles. The average Bonchev–Trinajstić information content (AvgIpc) is 2.91. The number of carbonyl (C=O) groups excluding carboxylic acids is 1. The van der Waals surface area contributed by atoms with E-state index in [1.165, 1.54) is 12.1 Å². The van der Waals surface area contributed by atoms with Crippen molar-refractivity contribution in [3.63, 3.8) is 0 Å². The number of primary sulfonamides is 1. The lowest BCUT2D eigenvalue weighted by Gasteiger charge is -2.10. The second-order valence-corrected chi connectivity index (χ2v) is 8.17. The summed E-state index contributed by atoms with van der Waals surface area (Å²) < 4.78 is 37.3. The van der Waals surface area contributed by atoms with Crippen LogP contribution in [0.5, 0.6) is 0 Å². The van der Waals surface area contributed by atoms with Gasteiger partial charge in [-0.3, -0.25) is 4.79 Å². The second kappa shape index (κ2) is 7.57. The first-order valence-electron chi connectivity index (χ1n) is 8.50. The van der Waals surface area contributed by atoms with Gasteiger partial charge >= 0.3 is 0 Å². The number of aromatic nitrogens is 1. The zero-order valence-electron chi connectivity index (χ0n) is 15.4. The molecule has 1 amide bonds. The first kappa shape index (κ1) is 19.8. The number of aryl methyl sites for hydroxylation is 1. The highest BCUT2D eigenvalue weighted by Gasteiger charge is 2.17. The van der Waals surface area contributed by atoms with Gasteiger partial charge in [0.2, 0.25) is 10.0 Å². The summed E-state index contributed by atoms with van der Waals surface area (Å²) in [7, 11) is -3.61. The molecule has 0 aliphatic carbocycles. The van der Waals surface area contributed by atoms with Gasteiger partial charge in [0.15, 0.2) is 0 Å². The molecule has 3 N–H and O–H groups in total. The molecule has 0 aliphatic heterocycles. The summed E-state index contributed by atoms with van der Waals surface area (Å²) in [6.07, 6.45) is 0. The van der Waals surface area contributed by atoms with Crippen molar-refractivity contribution >= 4 is 21.6 Å². The number of hydrogen-bond acceptors (Lipinski definition) is 3. The molecular weight excluding hydrogens is 381 g/mol. The molecule has 28 heavy (non-hydrogen) atoms. The topological polar surface area (TPSA) is 94.2 Å². The molecule has 0 spiro atoms. The van der Waals surface area contributed by atoms with Gasteiger partial charge in [-0.2, -0.15) is 0 Å². The maximum Gasteiger partial charge on any atom is 0.257 e. The van der Waals surface area contributed by atoms with Crippen molar-refractivity contribution in [2.75, 3.05) is 5.32 Å². The largest absolute Gasteiger partial charge is 0.322 e. The van der Waals surface area contributed by atoms with Crippen LogP contribution < -0.4 is 10.5 Å². The molecule has 146 valence electrons. The molecule has 0 unspecified atom stereocenters. The first-order chi connectivity index (χ1) is 13.1. The number of nitrogens with one attached hydrogen (secondary N) is 1. The minimum absolute atomic E-state index is 0.264. The summed E-state index contributed by atoms with van der Waals surface area (Å²) in [5.41, 5.74) is 3.91. The van der Waals surface area contributed by atoms with Gasteiger partial charge < -0.3 is 9.88 Å². The Kier molecular flexibility index (Phi) is 5.35. The first-order valence-corrected chi connectivity index (χ1v) is 10.2. The van der Waals surface area contributed by atoms with Crippen molar-refractivity contribution in [1.82, 2.24) is 4.57 Å². The van der Waals surface area contributed by atoms with Gasteiger partial charge in [0, 0.05) is 22.8 Å². The van der Waals surface area contributed by atoms with E-state index in [0.29, 0.717) is 16.8 Å². The van der Waals surface area contributed by atoms with Crippen molar-refractivity contribution < 1.29 is 17.6 Å². The van der Waals surface area contributed by atoms with Crippen LogP contribution in [0.2, 0.25) is 0 Å². The highest BCUT2D eigenvalue weighted by atomic mass is 32.2. The molecule has 0 radical (unpaired) electrons. The number of carbonyl (C=O) groups is 1. The number of amides is 1. The summed E-state index contributed by atoms with van der Waals surface area (Å²) in [5.74, 6) is -0.879. The molecule has 2 aromatic carbocycles. The van der Waals surface area contributed by atoms with Crippen LogP contribution in [0.4, 0.5) is 10.1 Å². The third-order valence-electron chi connectivity index (χ3n) is 4.34. The van der Waals surface area contributed by atoms with Crippen molar-refractivity contribution in [1.29, 1.82) is 0 Å². The van der Waals surface area contributed by atoms with Crippen LogP contribution in [0.1, 0.15) is 27.3 Å². The van der Waals surface area contributed by atoms with Gasteiger partial charge in [0.25, 0.3) is 5.91 Å². The number of benzene rings is 2. The summed E-state index contributed by atoms with van der Waals surface area (Å²) >= 11 is 0. The molecule has 0 aliphatic rings. The fourth-order valence-corrected chi connectivity index (χ4v) is 3.75. The van der Waals surface area contributed by atoms with Gasteiger partial charge in [0.1, 0.15) is 5.82 Å². The predicted molar refractivity (Wildman–Crippen MR) is 106 cm³/mol. The van der Waals surface area contributed by atoms with Crippen LogP contribution in [-0.2, 0) is 15.8 Å². The number of hydrogen-bond donors (Lipinski definition) is 2. The van der Waals surface area contributed by atoms with Gasteiger partial charge in [-0.15, -0.1) is 0 Å². The predicted octanol–water partition coefficient (Wildman–Crippen LogP) is 3.27. The Balaban J connectivity index is 1.82. The molecule has 0 atom stereocenters. The van der Waals surface area contributed by atoms with Crippen LogP contribution in [0, 0.1) is 19.7 Å². The van der Waals surface area contributed by atoms with Crippen LogP contribution in [0.15, 0.2) is 54.6 Å². The minimum atomic E-state index is -3.61. The Labute approximate surface area is 162 Å². The summed E-state index contributed by atoms with van der Waals surface area (Å²) in [5, 5.41) is 7.83. The zero-order chi connectivity index (χ0) is 20.5. The molecule has 0 saturated heterocycles. The van der Waals surface area contributed by atoms with E-state index in [0.717, 1.165) is 17.1 Å². The summed E-state index contributed by atoms with van der Waals surface area (Å²) in [6, 6.07) is 14.3. The third-order valence-corrected chi connectivity index (χ3v) is 5.08. The Hall–Kier alpha value is -2.97. The molecule has 1 heterocycles. The summed E-state index contributed by atoms with van der Waals surface area (Å²) in [6.45, 7) is 3.69. The number of sulfonamides is 1. The van der Waals surface area contributed by atoms with Gasteiger partial charge in [0.05, 0.1) is 11.3 Å². The van der Waals surface area contributed by atoms with E-state index in [1.807, 2.05) is 18.4 Å². The number of nitrogens with two attached hydrogens (primary N) is 1. The maximum absolute atomic E-state index is 13.2. The standard InChI is InChI=1S/C20H20FN3O3S/c1-13-11-19(14(2)24(13)18-9-5-16(21)6-10-18)20(25)23-17-7-3-15(4-8-17)12-28(22,26)27/h3-11H,12H2,1-2H3,(H,23,25)(H2,22,26,27). The lowest BCUT2D eigenvalue weighted by atomic mass is 10.2. The van der Waals surface area contributed by atoms with E-state index < -0.39 is 10.0 Å². The number of nitrogens with zero attached hydrogens (tertiary/aromatic N) is 1. The molecule has 8 heteroatoms. The normalized spacial score (nSPS) is 11.4. The van der Waals surface area contributed by atoms with E-state index in [9.17, 15) is 17.6 Å². The van der Waals surface area contributed by atoms with Crippen LogP contribution >= 0.6 is 0 Å². The van der Waals surface area contributed by atoms with E-state index in [-0.39, 0.29) is 17.5 Å².